The van der Waals surface area contributed by atoms with E-state index < -0.39 is 0 Å². The number of methoxy groups -OCH3 is 1. The SMILES string of the molecule is COc1ccc(CC2(C)CNC2)cc1Cl. The Morgan fingerprint density at radius 2 is 2.20 bits per heavy atom. The van der Waals surface area contributed by atoms with Crippen molar-refractivity contribution in [3.63, 3.8) is 0 Å². The molecule has 0 amide bonds. The molecule has 0 aromatic heterocycles. The zero-order chi connectivity index (χ0) is 10.9. The molecule has 1 heterocycles. The second-order valence-electron chi connectivity index (χ2n) is 4.56. The monoisotopic (exact) mass is 225 g/mol. The average Bonchev–Trinajstić information content (AvgIpc) is 2.16. The lowest BCUT2D eigenvalue weighted by Crippen LogP contribution is -2.52. The predicted molar refractivity (Wildman–Crippen MR) is 62.7 cm³/mol. The molecule has 1 aromatic rings. The van der Waals surface area contributed by atoms with E-state index in [0.717, 1.165) is 25.3 Å². The van der Waals surface area contributed by atoms with Crippen molar-refractivity contribution in [2.24, 2.45) is 5.41 Å². The van der Waals surface area contributed by atoms with Gasteiger partial charge in [-0.1, -0.05) is 24.6 Å². The minimum atomic E-state index is 0.401. The van der Waals surface area contributed by atoms with Gasteiger partial charge in [0.1, 0.15) is 5.75 Å². The summed E-state index contributed by atoms with van der Waals surface area (Å²) in [5.74, 6) is 0.748. The largest absolute Gasteiger partial charge is 0.495 e. The fraction of sp³-hybridized carbons (Fsp3) is 0.500. The Morgan fingerprint density at radius 3 is 2.67 bits per heavy atom. The molecule has 1 saturated heterocycles. The van der Waals surface area contributed by atoms with Crippen LogP contribution in [0.15, 0.2) is 18.2 Å². The topological polar surface area (TPSA) is 21.3 Å². The molecule has 3 heteroatoms. The van der Waals surface area contributed by atoms with Crippen LogP contribution in [0.3, 0.4) is 0 Å². The fourth-order valence-corrected chi connectivity index (χ4v) is 2.27. The highest BCUT2D eigenvalue weighted by atomic mass is 35.5. The van der Waals surface area contributed by atoms with Gasteiger partial charge in [0.15, 0.2) is 0 Å². The molecule has 1 fully saturated rings. The molecule has 1 aliphatic heterocycles. The molecule has 0 bridgehead atoms. The van der Waals surface area contributed by atoms with Gasteiger partial charge in [0, 0.05) is 13.1 Å². The Kier molecular flexibility index (Phi) is 2.89. The first kappa shape index (κ1) is 10.8. The number of ether oxygens (including phenoxy) is 1. The number of hydrogen-bond donors (Lipinski definition) is 1. The zero-order valence-corrected chi connectivity index (χ0v) is 9.90. The zero-order valence-electron chi connectivity index (χ0n) is 9.14. The summed E-state index contributed by atoms with van der Waals surface area (Å²) in [5, 5.41) is 4.00. The van der Waals surface area contributed by atoms with Crippen LogP contribution < -0.4 is 10.1 Å². The third kappa shape index (κ3) is 2.27. The molecule has 1 N–H and O–H groups in total. The van der Waals surface area contributed by atoms with Crippen molar-refractivity contribution in [2.45, 2.75) is 13.3 Å². The average molecular weight is 226 g/mol. The molecular formula is C12H16ClNO. The van der Waals surface area contributed by atoms with Crippen molar-refractivity contribution in [1.29, 1.82) is 0 Å². The molecule has 2 nitrogen and oxygen atoms in total. The molecule has 1 aliphatic rings. The van der Waals surface area contributed by atoms with Crippen molar-refractivity contribution < 1.29 is 4.74 Å². The third-order valence-electron chi connectivity index (χ3n) is 2.95. The molecule has 0 atom stereocenters. The van der Waals surface area contributed by atoms with Crippen LogP contribution in [0.25, 0.3) is 0 Å². The number of benzene rings is 1. The minimum absolute atomic E-state index is 0.401. The van der Waals surface area contributed by atoms with E-state index >= 15 is 0 Å². The van der Waals surface area contributed by atoms with Gasteiger partial charge in [0.05, 0.1) is 12.1 Å². The van der Waals surface area contributed by atoms with Crippen LogP contribution in [-0.4, -0.2) is 20.2 Å². The number of rotatable bonds is 3. The molecule has 15 heavy (non-hydrogen) atoms. The van der Waals surface area contributed by atoms with Gasteiger partial charge in [0.25, 0.3) is 0 Å². The van der Waals surface area contributed by atoms with E-state index in [1.165, 1.54) is 5.56 Å². The maximum absolute atomic E-state index is 6.08. The van der Waals surface area contributed by atoms with E-state index in [0.29, 0.717) is 10.4 Å². The summed E-state index contributed by atoms with van der Waals surface area (Å²) in [6, 6.07) is 6.03. The first-order valence-electron chi connectivity index (χ1n) is 5.16. The summed E-state index contributed by atoms with van der Waals surface area (Å²) in [6.07, 6.45) is 1.07. The first-order chi connectivity index (χ1) is 7.13. The summed E-state index contributed by atoms with van der Waals surface area (Å²) < 4.78 is 5.13. The maximum Gasteiger partial charge on any atom is 0.137 e. The first-order valence-corrected chi connectivity index (χ1v) is 5.54. The molecule has 82 valence electrons. The lowest BCUT2D eigenvalue weighted by Gasteiger charge is -2.39. The van der Waals surface area contributed by atoms with Gasteiger partial charge >= 0.3 is 0 Å². The molecule has 0 spiro atoms. The summed E-state index contributed by atoms with van der Waals surface area (Å²) in [6.45, 7) is 4.48. The van der Waals surface area contributed by atoms with Crippen LogP contribution in [-0.2, 0) is 6.42 Å². The third-order valence-corrected chi connectivity index (χ3v) is 3.25. The maximum atomic E-state index is 6.08. The van der Waals surface area contributed by atoms with Crippen LogP contribution >= 0.6 is 11.6 Å². The Labute approximate surface area is 95.6 Å². The summed E-state index contributed by atoms with van der Waals surface area (Å²) in [4.78, 5) is 0. The van der Waals surface area contributed by atoms with E-state index in [2.05, 4.69) is 18.3 Å². The van der Waals surface area contributed by atoms with Gasteiger partial charge < -0.3 is 10.1 Å². The van der Waals surface area contributed by atoms with Crippen LogP contribution in [0.4, 0.5) is 0 Å². The van der Waals surface area contributed by atoms with Gasteiger partial charge in [0.2, 0.25) is 0 Å². The van der Waals surface area contributed by atoms with Crippen molar-refractivity contribution >= 4 is 11.6 Å². The Balaban J connectivity index is 2.12. The molecular weight excluding hydrogens is 210 g/mol. The summed E-state index contributed by atoms with van der Waals surface area (Å²) in [7, 11) is 1.64. The van der Waals surface area contributed by atoms with E-state index in [-0.39, 0.29) is 0 Å². The second-order valence-corrected chi connectivity index (χ2v) is 4.97. The predicted octanol–water partition coefficient (Wildman–Crippen LogP) is 2.50. The van der Waals surface area contributed by atoms with Crippen LogP contribution in [0.5, 0.6) is 5.75 Å². The van der Waals surface area contributed by atoms with Crippen molar-refractivity contribution in [1.82, 2.24) is 5.32 Å². The minimum Gasteiger partial charge on any atom is -0.495 e. The lowest BCUT2D eigenvalue weighted by atomic mass is 9.78. The number of nitrogens with one attached hydrogen (secondary N) is 1. The summed E-state index contributed by atoms with van der Waals surface area (Å²) >= 11 is 6.08. The van der Waals surface area contributed by atoms with Crippen LogP contribution in [0, 0.1) is 5.41 Å². The van der Waals surface area contributed by atoms with Gasteiger partial charge in [-0.25, -0.2) is 0 Å². The molecule has 0 radical (unpaired) electrons. The smallest absolute Gasteiger partial charge is 0.137 e. The van der Waals surface area contributed by atoms with Crippen molar-refractivity contribution in [3.05, 3.63) is 28.8 Å². The van der Waals surface area contributed by atoms with Gasteiger partial charge in [-0.05, 0) is 29.5 Å². The van der Waals surface area contributed by atoms with Crippen LogP contribution in [0.2, 0.25) is 5.02 Å². The highest BCUT2D eigenvalue weighted by Crippen LogP contribution is 2.30. The normalized spacial score (nSPS) is 18.3. The quantitative estimate of drug-likeness (QED) is 0.854. The Hall–Kier alpha value is -0.730. The van der Waals surface area contributed by atoms with Gasteiger partial charge in [-0.15, -0.1) is 0 Å². The highest BCUT2D eigenvalue weighted by molar-refractivity contribution is 6.32. The lowest BCUT2D eigenvalue weighted by molar-refractivity contribution is 0.195. The molecule has 1 aromatic carbocycles. The number of halogens is 1. The second kappa shape index (κ2) is 4.03. The molecule has 2 rings (SSSR count). The molecule has 0 aliphatic carbocycles. The standard InChI is InChI=1S/C12H16ClNO/c1-12(7-14-8-12)6-9-3-4-11(15-2)10(13)5-9/h3-5,14H,6-8H2,1-2H3. The highest BCUT2D eigenvalue weighted by Gasteiger charge is 2.31. The van der Waals surface area contributed by atoms with Gasteiger partial charge in [-0.2, -0.15) is 0 Å². The van der Waals surface area contributed by atoms with E-state index in [9.17, 15) is 0 Å². The van der Waals surface area contributed by atoms with Crippen molar-refractivity contribution in [2.75, 3.05) is 20.2 Å². The fourth-order valence-electron chi connectivity index (χ4n) is 1.99. The molecule has 0 saturated carbocycles. The van der Waals surface area contributed by atoms with Crippen LogP contribution in [0.1, 0.15) is 12.5 Å². The number of hydrogen-bond acceptors (Lipinski definition) is 2. The van der Waals surface area contributed by atoms with E-state index in [1.54, 1.807) is 7.11 Å². The van der Waals surface area contributed by atoms with E-state index in [4.69, 9.17) is 16.3 Å². The van der Waals surface area contributed by atoms with Crippen molar-refractivity contribution in [3.8, 4) is 5.75 Å². The molecule has 0 unspecified atom stereocenters. The Morgan fingerprint density at radius 1 is 1.47 bits per heavy atom. The summed E-state index contributed by atoms with van der Waals surface area (Å²) in [5.41, 5.74) is 1.68. The Bertz CT molecular complexity index is 361. The van der Waals surface area contributed by atoms with E-state index in [1.807, 2.05) is 12.1 Å². The van der Waals surface area contributed by atoms with Gasteiger partial charge in [-0.3, -0.25) is 0 Å².